The number of rotatable bonds is 9. The number of guanidine groups is 2. The predicted octanol–water partition coefficient (Wildman–Crippen LogP) is 2.87. The molecular formula is C18H36N6. The molecule has 0 unspecified atom stereocenters. The molecule has 6 heteroatoms. The zero-order valence-corrected chi connectivity index (χ0v) is 16.2. The average molecular weight is 337 g/mol. The van der Waals surface area contributed by atoms with Gasteiger partial charge in [-0.2, -0.15) is 0 Å². The normalized spacial score (nSPS) is 10.8. The number of allylic oxidation sites excluding steroid dienone is 2. The average Bonchev–Trinajstić information content (AvgIpc) is 2.40. The lowest BCUT2D eigenvalue weighted by Crippen LogP contribution is -2.51. The Balaban J connectivity index is 4.77. The first-order valence-corrected chi connectivity index (χ1v) is 8.44. The number of nitrogens with one attached hydrogen (secondary N) is 2. The molecule has 0 atom stereocenters. The van der Waals surface area contributed by atoms with Gasteiger partial charge in [0.1, 0.15) is 0 Å². The molecule has 0 aromatic heterocycles. The van der Waals surface area contributed by atoms with Gasteiger partial charge in [0.2, 0.25) is 0 Å². The molecule has 0 rings (SSSR count). The molecule has 6 N–H and O–H groups in total. The van der Waals surface area contributed by atoms with Gasteiger partial charge in [-0.1, -0.05) is 23.3 Å². The first kappa shape index (κ1) is 22.0. The Morgan fingerprint density at radius 3 is 1.83 bits per heavy atom. The van der Waals surface area contributed by atoms with Gasteiger partial charge in [0.05, 0.1) is 0 Å². The summed E-state index contributed by atoms with van der Waals surface area (Å²) in [6, 6.07) is 0. The maximum Gasteiger partial charge on any atom is 0.189 e. The lowest BCUT2D eigenvalue weighted by Gasteiger charge is -2.39. The second-order valence-corrected chi connectivity index (χ2v) is 7.31. The summed E-state index contributed by atoms with van der Waals surface area (Å²) in [5.74, 6) is 0.184. The highest BCUT2D eigenvalue weighted by Crippen LogP contribution is 2.21. The largest absolute Gasteiger partial charge is 0.370 e. The summed E-state index contributed by atoms with van der Waals surface area (Å²) in [4.78, 5) is 3.77. The third kappa shape index (κ3) is 8.60. The van der Waals surface area contributed by atoms with Crippen molar-refractivity contribution in [1.82, 2.24) is 9.80 Å². The van der Waals surface area contributed by atoms with Crippen molar-refractivity contribution in [2.75, 3.05) is 19.6 Å². The fourth-order valence-electron chi connectivity index (χ4n) is 2.39. The summed E-state index contributed by atoms with van der Waals surface area (Å²) in [5, 5.41) is 15.6. The Morgan fingerprint density at radius 1 is 0.917 bits per heavy atom. The molecule has 24 heavy (non-hydrogen) atoms. The van der Waals surface area contributed by atoms with Gasteiger partial charge >= 0.3 is 0 Å². The number of hydrogen-bond donors (Lipinski definition) is 4. The van der Waals surface area contributed by atoms with Crippen LogP contribution in [0.4, 0.5) is 0 Å². The quantitative estimate of drug-likeness (QED) is 0.295. The minimum absolute atomic E-state index is 0.0884. The van der Waals surface area contributed by atoms with Gasteiger partial charge in [-0.05, 0) is 54.4 Å². The van der Waals surface area contributed by atoms with Crippen LogP contribution in [0.25, 0.3) is 0 Å². The highest BCUT2D eigenvalue weighted by Gasteiger charge is 2.27. The van der Waals surface area contributed by atoms with Crippen molar-refractivity contribution in [3.8, 4) is 0 Å². The highest BCUT2D eigenvalue weighted by atomic mass is 15.3. The first-order valence-electron chi connectivity index (χ1n) is 8.44. The van der Waals surface area contributed by atoms with Crippen LogP contribution >= 0.6 is 0 Å². The number of hydrogen-bond acceptors (Lipinski definition) is 2. The van der Waals surface area contributed by atoms with E-state index in [1.807, 2.05) is 37.5 Å². The highest BCUT2D eigenvalue weighted by molar-refractivity contribution is 5.75. The Labute approximate surface area is 147 Å². The molecule has 0 saturated heterocycles. The molecule has 0 fully saturated rings. The molecule has 0 amide bonds. The van der Waals surface area contributed by atoms with Crippen LogP contribution in [-0.2, 0) is 0 Å². The summed E-state index contributed by atoms with van der Waals surface area (Å²) in [7, 11) is 0. The van der Waals surface area contributed by atoms with Crippen molar-refractivity contribution in [2.45, 2.75) is 59.9 Å². The van der Waals surface area contributed by atoms with Crippen molar-refractivity contribution < 1.29 is 0 Å². The first-order chi connectivity index (χ1) is 11.0. The minimum atomic E-state index is -0.225. The van der Waals surface area contributed by atoms with Crippen LogP contribution in [0.5, 0.6) is 0 Å². The lowest BCUT2D eigenvalue weighted by molar-refractivity contribution is 0.204. The minimum Gasteiger partial charge on any atom is -0.370 e. The third-order valence-electron chi connectivity index (χ3n) is 3.98. The van der Waals surface area contributed by atoms with E-state index < -0.39 is 0 Å². The van der Waals surface area contributed by atoms with E-state index >= 15 is 0 Å². The maximum absolute atomic E-state index is 7.86. The van der Waals surface area contributed by atoms with Crippen LogP contribution in [0.1, 0.15) is 54.4 Å². The van der Waals surface area contributed by atoms with E-state index in [0.717, 1.165) is 19.4 Å². The molecule has 0 aliphatic heterocycles. The Morgan fingerprint density at radius 2 is 1.42 bits per heavy atom. The second kappa shape index (κ2) is 10.0. The van der Waals surface area contributed by atoms with Crippen LogP contribution in [-0.4, -0.2) is 46.9 Å². The van der Waals surface area contributed by atoms with Gasteiger partial charge < -0.3 is 21.3 Å². The molecule has 0 aliphatic carbocycles. The van der Waals surface area contributed by atoms with Crippen LogP contribution in [0, 0.1) is 10.8 Å². The summed E-state index contributed by atoms with van der Waals surface area (Å²) >= 11 is 0. The van der Waals surface area contributed by atoms with Gasteiger partial charge in [-0.3, -0.25) is 10.8 Å². The molecule has 0 heterocycles. The summed E-state index contributed by atoms with van der Waals surface area (Å²) < 4.78 is 0. The monoisotopic (exact) mass is 336 g/mol. The van der Waals surface area contributed by atoms with E-state index in [2.05, 4.69) is 26.0 Å². The van der Waals surface area contributed by atoms with E-state index in [0.29, 0.717) is 13.1 Å². The summed E-state index contributed by atoms with van der Waals surface area (Å²) in [5.41, 5.74) is 13.6. The molecule has 138 valence electrons. The molecule has 0 aromatic rings. The molecule has 0 saturated carbocycles. The molecule has 0 spiro atoms. The zero-order chi connectivity index (χ0) is 18.9. The molecule has 0 bridgehead atoms. The molecular weight excluding hydrogens is 300 g/mol. The van der Waals surface area contributed by atoms with Crippen LogP contribution < -0.4 is 11.5 Å². The number of nitrogens with zero attached hydrogens (tertiary/aromatic N) is 2. The summed E-state index contributed by atoms with van der Waals surface area (Å²) in [6.45, 7) is 14.4. The van der Waals surface area contributed by atoms with Gasteiger partial charge in [0.25, 0.3) is 0 Å². The lowest BCUT2D eigenvalue weighted by atomic mass is 9.95. The van der Waals surface area contributed by atoms with E-state index in [1.54, 1.807) is 0 Å². The maximum atomic E-state index is 7.86. The van der Waals surface area contributed by atoms with E-state index in [9.17, 15) is 0 Å². The predicted molar refractivity (Wildman–Crippen MR) is 104 cm³/mol. The number of nitrogens with two attached hydrogens (primary N) is 2. The van der Waals surface area contributed by atoms with Crippen LogP contribution in [0.15, 0.2) is 23.3 Å². The molecule has 6 nitrogen and oxygen atoms in total. The SMILES string of the molecule is CC(C)=CCN(CCCC(C)(C)N(CC=C(C)C)C(=N)N)C(=N)N. The van der Waals surface area contributed by atoms with Crippen molar-refractivity contribution in [1.29, 1.82) is 10.8 Å². The third-order valence-corrected chi connectivity index (χ3v) is 3.98. The van der Waals surface area contributed by atoms with Crippen LogP contribution in [0.3, 0.4) is 0 Å². The molecule has 0 aliphatic rings. The van der Waals surface area contributed by atoms with Gasteiger partial charge in [-0.25, -0.2) is 0 Å². The van der Waals surface area contributed by atoms with Crippen molar-refractivity contribution in [2.24, 2.45) is 11.5 Å². The molecule has 0 aromatic carbocycles. The van der Waals surface area contributed by atoms with Gasteiger partial charge in [0.15, 0.2) is 11.9 Å². The van der Waals surface area contributed by atoms with Crippen LogP contribution in [0.2, 0.25) is 0 Å². The van der Waals surface area contributed by atoms with Crippen molar-refractivity contribution in [3.63, 3.8) is 0 Å². The van der Waals surface area contributed by atoms with Gasteiger partial charge in [0, 0.05) is 25.2 Å². The Bertz CT molecular complexity index is 482. The fourth-order valence-corrected chi connectivity index (χ4v) is 2.39. The standard InChI is InChI=1S/C18H36N6/c1-14(2)8-12-23(16(19)20)11-7-10-18(5,6)24(17(21)22)13-9-15(3)4/h8-9H,7,10-13H2,1-6H3,(H3,19,20)(H3,21,22). The zero-order valence-electron chi connectivity index (χ0n) is 16.2. The molecule has 0 radical (unpaired) electrons. The second-order valence-electron chi connectivity index (χ2n) is 7.31. The smallest absolute Gasteiger partial charge is 0.189 e. The van der Waals surface area contributed by atoms with E-state index in [1.165, 1.54) is 11.1 Å². The Kier molecular flexibility index (Phi) is 9.18. The van der Waals surface area contributed by atoms with E-state index in [4.69, 9.17) is 22.3 Å². The van der Waals surface area contributed by atoms with Gasteiger partial charge in [-0.15, -0.1) is 0 Å². The van der Waals surface area contributed by atoms with E-state index in [-0.39, 0.29) is 17.5 Å². The summed E-state index contributed by atoms with van der Waals surface area (Å²) in [6.07, 6.45) is 5.90. The topological polar surface area (TPSA) is 106 Å². The van der Waals surface area contributed by atoms with Crippen molar-refractivity contribution >= 4 is 11.9 Å². The fraction of sp³-hybridized carbons (Fsp3) is 0.667. The Hall–Kier alpha value is -1.98. The van der Waals surface area contributed by atoms with Crippen molar-refractivity contribution in [3.05, 3.63) is 23.3 Å².